The molecule has 2 rings (SSSR count). The molecule has 2 aromatic carbocycles. The number of hydrogen-bond acceptors (Lipinski definition) is 5. The molecule has 21 heavy (non-hydrogen) atoms. The molecule has 0 aliphatic rings. The zero-order valence-corrected chi connectivity index (χ0v) is 10.9. The first-order valence-electron chi connectivity index (χ1n) is 5.43. The number of nitro groups is 2. The van der Waals surface area contributed by atoms with Gasteiger partial charge in [-0.2, -0.15) is 0 Å². The normalized spacial score (nSPS) is 10.2. The van der Waals surface area contributed by atoms with Crippen LogP contribution in [0, 0.1) is 26.0 Å². The molecule has 0 aliphatic heterocycles. The predicted octanol–water partition coefficient (Wildman–Crippen LogP) is 4.09. The second-order valence-electron chi connectivity index (χ2n) is 3.88. The lowest BCUT2D eigenvalue weighted by molar-refractivity contribution is -0.385. The molecule has 7 nitrogen and oxygen atoms in total. The highest BCUT2D eigenvalue weighted by Gasteiger charge is 2.14. The lowest BCUT2D eigenvalue weighted by atomic mass is 10.3. The molecular weight excluding hydrogens is 307 g/mol. The van der Waals surface area contributed by atoms with Crippen LogP contribution >= 0.6 is 11.6 Å². The van der Waals surface area contributed by atoms with Gasteiger partial charge in [0.1, 0.15) is 17.3 Å². The smallest absolute Gasteiger partial charge is 0.276 e. The second-order valence-corrected chi connectivity index (χ2v) is 4.28. The van der Waals surface area contributed by atoms with Gasteiger partial charge in [-0.05, 0) is 6.07 Å². The highest BCUT2D eigenvalue weighted by molar-refractivity contribution is 6.32. The Kier molecular flexibility index (Phi) is 3.99. The van der Waals surface area contributed by atoms with Gasteiger partial charge in [0.25, 0.3) is 11.4 Å². The van der Waals surface area contributed by atoms with Crippen molar-refractivity contribution in [3.05, 3.63) is 67.5 Å². The molecule has 0 saturated carbocycles. The first-order valence-corrected chi connectivity index (χ1v) is 5.81. The summed E-state index contributed by atoms with van der Waals surface area (Å²) in [7, 11) is 0. The van der Waals surface area contributed by atoms with Crippen LogP contribution in [0.15, 0.2) is 36.4 Å². The average molecular weight is 313 g/mol. The summed E-state index contributed by atoms with van der Waals surface area (Å²) in [5.41, 5.74) is -0.722. The fraction of sp³-hybridized carbons (Fsp3) is 0. The third-order valence-corrected chi connectivity index (χ3v) is 2.72. The van der Waals surface area contributed by atoms with Gasteiger partial charge in [0.2, 0.25) is 0 Å². The van der Waals surface area contributed by atoms with E-state index in [0.29, 0.717) is 0 Å². The summed E-state index contributed by atoms with van der Waals surface area (Å²) in [5.74, 6) is -0.975. The Balaban J connectivity index is 2.34. The molecule has 0 aromatic heterocycles. The van der Waals surface area contributed by atoms with Gasteiger partial charge in [0.05, 0.1) is 27.0 Å². The van der Waals surface area contributed by atoms with Crippen LogP contribution in [-0.2, 0) is 0 Å². The summed E-state index contributed by atoms with van der Waals surface area (Å²) in [5, 5.41) is 21.1. The number of nitro benzene ring substituents is 2. The van der Waals surface area contributed by atoms with E-state index in [2.05, 4.69) is 0 Å². The van der Waals surface area contributed by atoms with Crippen LogP contribution in [0.1, 0.15) is 0 Å². The van der Waals surface area contributed by atoms with E-state index in [1.165, 1.54) is 6.07 Å². The predicted molar refractivity (Wildman–Crippen MR) is 71.2 cm³/mol. The van der Waals surface area contributed by atoms with Crippen molar-refractivity contribution in [1.82, 2.24) is 0 Å². The molecule has 0 N–H and O–H groups in total. The van der Waals surface area contributed by atoms with Crippen LogP contribution in [-0.4, -0.2) is 9.85 Å². The monoisotopic (exact) mass is 312 g/mol. The van der Waals surface area contributed by atoms with Crippen molar-refractivity contribution in [2.45, 2.75) is 0 Å². The molecule has 108 valence electrons. The zero-order valence-electron chi connectivity index (χ0n) is 10.2. The SMILES string of the molecule is O=[N+]([O-])c1cc(F)cc(Oc2ccc([N+](=O)[O-])cc2Cl)c1. The number of hydrogen-bond donors (Lipinski definition) is 0. The minimum Gasteiger partial charge on any atom is -0.455 e. The van der Waals surface area contributed by atoms with Gasteiger partial charge in [0, 0.05) is 18.2 Å². The van der Waals surface area contributed by atoms with Crippen molar-refractivity contribution in [2.24, 2.45) is 0 Å². The van der Waals surface area contributed by atoms with E-state index in [9.17, 15) is 24.6 Å². The van der Waals surface area contributed by atoms with Gasteiger partial charge >= 0.3 is 0 Å². The van der Waals surface area contributed by atoms with Gasteiger partial charge in [-0.25, -0.2) is 4.39 Å². The molecular formula is C12H6ClFN2O5. The van der Waals surface area contributed by atoms with E-state index in [-0.39, 0.29) is 22.2 Å². The van der Waals surface area contributed by atoms with Crippen molar-refractivity contribution >= 4 is 23.0 Å². The lowest BCUT2D eigenvalue weighted by Crippen LogP contribution is -1.93. The van der Waals surface area contributed by atoms with E-state index in [1.807, 2.05) is 0 Å². The standard InChI is InChI=1S/C12H6ClFN2O5/c13-11-6-8(15(17)18)1-2-12(11)21-10-4-7(14)3-9(5-10)16(19)20/h1-6H. The van der Waals surface area contributed by atoms with Crippen LogP contribution < -0.4 is 4.74 Å². The molecule has 0 saturated heterocycles. The Bertz CT molecular complexity index is 738. The van der Waals surface area contributed by atoms with Gasteiger partial charge in [-0.15, -0.1) is 0 Å². The Hall–Kier alpha value is -2.74. The molecule has 0 bridgehead atoms. The van der Waals surface area contributed by atoms with Crippen LogP contribution in [0.3, 0.4) is 0 Å². The van der Waals surface area contributed by atoms with Gasteiger partial charge in [-0.3, -0.25) is 20.2 Å². The van der Waals surface area contributed by atoms with Gasteiger partial charge in [-0.1, -0.05) is 11.6 Å². The van der Waals surface area contributed by atoms with Crippen molar-refractivity contribution < 1.29 is 19.0 Å². The third kappa shape index (κ3) is 3.42. The molecule has 9 heteroatoms. The summed E-state index contributed by atoms with van der Waals surface area (Å²) in [6.45, 7) is 0. The van der Waals surface area contributed by atoms with E-state index in [1.54, 1.807) is 0 Å². The molecule has 0 spiro atoms. The largest absolute Gasteiger partial charge is 0.455 e. The van der Waals surface area contributed by atoms with E-state index < -0.39 is 21.4 Å². The third-order valence-electron chi connectivity index (χ3n) is 2.42. The van der Waals surface area contributed by atoms with E-state index in [4.69, 9.17) is 16.3 Å². The molecule has 0 amide bonds. The summed E-state index contributed by atoms with van der Waals surface area (Å²) in [6.07, 6.45) is 0. The van der Waals surface area contributed by atoms with Crippen LogP contribution in [0.25, 0.3) is 0 Å². The fourth-order valence-corrected chi connectivity index (χ4v) is 1.74. The maximum absolute atomic E-state index is 13.3. The molecule has 0 heterocycles. The maximum Gasteiger partial charge on any atom is 0.276 e. The van der Waals surface area contributed by atoms with Gasteiger partial charge < -0.3 is 4.74 Å². The molecule has 0 unspecified atom stereocenters. The summed E-state index contributed by atoms with van der Waals surface area (Å²) in [6, 6.07) is 6.12. The van der Waals surface area contributed by atoms with Crippen molar-refractivity contribution in [1.29, 1.82) is 0 Å². The zero-order chi connectivity index (χ0) is 15.6. The summed E-state index contributed by atoms with van der Waals surface area (Å²) >= 11 is 5.81. The minimum atomic E-state index is -0.850. The molecule has 0 atom stereocenters. The first-order chi connectivity index (χ1) is 9.86. The average Bonchev–Trinajstić information content (AvgIpc) is 2.40. The summed E-state index contributed by atoms with van der Waals surface area (Å²) in [4.78, 5) is 19.8. The quantitative estimate of drug-likeness (QED) is 0.626. The van der Waals surface area contributed by atoms with Crippen LogP contribution in [0.4, 0.5) is 15.8 Å². The van der Waals surface area contributed by atoms with Crippen molar-refractivity contribution in [3.8, 4) is 11.5 Å². The van der Waals surface area contributed by atoms with Crippen LogP contribution in [0.5, 0.6) is 11.5 Å². The number of benzene rings is 2. The van der Waals surface area contributed by atoms with Crippen molar-refractivity contribution in [2.75, 3.05) is 0 Å². The molecule has 0 fully saturated rings. The number of non-ortho nitro benzene ring substituents is 2. The number of halogens is 2. The Labute approximate surface area is 121 Å². The lowest BCUT2D eigenvalue weighted by Gasteiger charge is -2.07. The number of nitrogens with zero attached hydrogens (tertiary/aromatic N) is 2. The number of ether oxygens (including phenoxy) is 1. The highest BCUT2D eigenvalue weighted by atomic mass is 35.5. The summed E-state index contributed by atoms with van der Waals surface area (Å²) < 4.78 is 18.5. The Morgan fingerprint density at radius 3 is 2.24 bits per heavy atom. The van der Waals surface area contributed by atoms with Crippen LogP contribution in [0.2, 0.25) is 5.02 Å². The van der Waals surface area contributed by atoms with Gasteiger partial charge in [0.15, 0.2) is 0 Å². The Morgan fingerprint density at radius 1 is 1.00 bits per heavy atom. The highest BCUT2D eigenvalue weighted by Crippen LogP contribution is 2.33. The van der Waals surface area contributed by atoms with E-state index >= 15 is 0 Å². The minimum absolute atomic E-state index is 0.0159. The first kappa shape index (κ1) is 14.7. The Morgan fingerprint density at radius 2 is 1.67 bits per heavy atom. The molecule has 0 aliphatic carbocycles. The molecule has 0 radical (unpaired) electrons. The maximum atomic E-state index is 13.3. The fourth-order valence-electron chi connectivity index (χ4n) is 1.53. The number of rotatable bonds is 4. The second kappa shape index (κ2) is 5.71. The topological polar surface area (TPSA) is 95.5 Å². The molecule has 2 aromatic rings. The van der Waals surface area contributed by atoms with Crippen molar-refractivity contribution in [3.63, 3.8) is 0 Å². The van der Waals surface area contributed by atoms with E-state index in [0.717, 1.165) is 30.3 Å².